The van der Waals surface area contributed by atoms with Gasteiger partial charge in [0.15, 0.2) is 12.4 Å². The molecular formula is C22H25NO5S. The topological polar surface area (TPSA) is 80.8 Å². The zero-order valence-corrected chi connectivity index (χ0v) is 17.5. The molecule has 0 aromatic heterocycles. The Morgan fingerprint density at radius 1 is 0.966 bits per heavy atom. The highest BCUT2D eigenvalue weighted by atomic mass is 32.2. The van der Waals surface area contributed by atoms with E-state index in [9.17, 15) is 18.0 Å². The normalized spacial score (nSPS) is 13.3. The lowest BCUT2D eigenvalue weighted by atomic mass is 10.0. The maximum atomic E-state index is 12.6. The molecule has 0 atom stereocenters. The lowest BCUT2D eigenvalue weighted by Crippen LogP contribution is -2.30. The molecule has 2 aromatic rings. The Hall–Kier alpha value is -2.51. The maximum absolute atomic E-state index is 12.6. The van der Waals surface area contributed by atoms with Crippen molar-refractivity contribution in [2.24, 2.45) is 0 Å². The van der Waals surface area contributed by atoms with Gasteiger partial charge >= 0.3 is 5.97 Å². The summed E-state index contributed by atoms with van der Waals surface area (Å²) >= 11 is 0. The van der Waals surface area contributed by atoms with Gasteiger partial charge in [-0.25, -0.2) is 13.2 Å². The van der Waals surface area contributed by atoms with Gasteiger partial charge in [0.05, 0.1) is 10.5 Å². The Bertz CT molecular complexity index is 1030. The highest BCUT2D eigenvalue weighted by molar-refractivity contribution is 7.89. The molecule has 154 valence electrons. The van der Waals surface area contributed by atoms with Gasteiger partial charge in [-0.1, -0.05) is 32.0 Å². The van der Waals surface area contributed by atoms with Gasteiger partial charge < -0.3 is 4.74 Å². The van der Waals surface area contributed by atoms with Gasteiger partial charge in [0.2, 0.25) is 10.0 Å². The molecule has 1 aliphatic rings. The number of sulfonamides is 1. The number of Topliss-reactive ketones (excluding diaryl/α,β-unsaturated/α-hetero) is 1. The lowest BCUT2D eigenvalue weighted by molar-refractivity contribution is 0.0474. The van der Waals surface area contributed by atoms with Crippen LogP contribution in [0.4, 0.5) is 0 Å². The Balaban J connectivity index is 1.69. The van der Waals surface area contributed by atoms with Crippen LogP contribution in [0.5, 0.6) is 0 Å². The van der Waals surface area contributed by atoms with E-state index in [1.807, 2.05) is 12.1 Å². The Morgan fingerprint density at radius 2 is 1.69 bits per heavy atom. The van der Waals surface area contributed by atoms with Crippen LogP contribution in [0, 0.1) is 0 Å². The van der Waals surface area contributed by atoms with Crippen molar-refractivity contribution >= 4 is 21.8 Å². The van der Waals surface area contributed by atoms with Crippen LogP contribution >= 0.6 is 0 Å². The average Bonchev–Trinajstić information content (AvgIpc) is 3.20. The van der Waals surface area contributed by atoms with E-state index >= 15 is 0 Å². The van der Waals surface area contributed by atoms with Crippen molar-refractivity contribution in [3.05, 3.63) is 64.7 Å². The molecule has 3 rings (SSSR count). The van der Waals surface area contributed by atoms with Crippen molar-refractivity contribution in [3.8, 4) is 0 Å². The molecule has 0 radical (unpaired) electrons. The number of hydrogen-bond donors (Lipinski definition) is 0. The van der Waals surface area contributed by atoms with Crippen molar-refractivity contribution in [1.82, 2.24) is 4.31 Å². The van der Waals surface area contributed by atoms with Crippen LogP contribution in [0.25, 0.3) is 0 Å². The third kappa shape index (κ3) is 4.57. The molecule has 2 aromatic carbocycles. The molecule has 0 amide bonds. The van der Waals surface area contributed by atoms with Crippen molar-refractivity contribution in [3.63, 3.8) is 0 Å². The zero-order chi connectivity index (χ0) is 21.0. The first-order chi connectivity index (χ1) is 13.9. The predicted octanol–water partition coefficient (Wildman–Crippen LogP) is 3.25. The third-order valence-electron chi connectivity index (χ3n) is 5.17. The van der Waals surface area contributed by atoms with Gasteiger partial charge in [0.1, 0.15) is 0 Å². The van der Waals surface area contributed by atoms with Crippen molar-refractivity contribution in [1.29, 1.82) is 0 Å². The Labute approximate surface area is 171 Å². The van der Waals surface area contributed by atoms with Crippen LogP contribution in [0.3, 0.4) is 0 Å². The number of carbonyl (C=O) groups excluding carboxylic acids is 2. The van der Waals surface area contributed by atoms with E-state index in [0.29, 0.717) is 18.7 Å². The number of hydrogen-bond acceptors (Lipinski definition) is 5. The van der Waals surface area contributed by atoms with Crippen molar-refractivity contribution < 1.29 is 22.7 Å². The van der Waals surface area contributed by atoms with E-state index in [2.05, 4.69) is 0 Å². The number of ether oxygens (including phenoxy) is 1. The van der Waals surface area contributed by atoms with Crippen LogP contribution in [0.15, 0.2) is 47.4 Å². The van der Waals surface area contributed by atoms with Gasteiger partial charge in [0, 0.05) is 18.7 Å². The van der Waals surface area contributed by atoms with Crippen LogP contribution in [-0.4, -0.2) is 44.2 Å². The molecule has 0 bridgehead atoms. The molecule has 7 heteroatoms. The second-order valence-electron chi connectivity index (χ2n) is 6.95. The number of esters is 1. The molecule has 6 nitrogen and oxygen atoms in total. The van der Waals surface area contributed by atoms with Gasteiger partial charge in [-0.15, -0.1) is 0 Å². The second-order valence-corrected chi connectivity index (χ2v) is 8.89. The predicted molar refractivity (Wildman–Crippen MR) is 110 cm³/mol. The van der Waals surface area contributed by atoms with E-state index in [1.54, 1.807) is 19.9 Å². The average molecular weight is 416 g/mol. The fourth-order valence-corrected chi connectivity index (χ4v) is 5.04. The summed E-state index contributed by atoms with van der Waals surface area (Å²) in [5.74, 6) is -1.00. The van der Waals surface area contributed by atoms with Crippen LogP contribution in [-0.2, 0) is 27.6 Å². The van der Waals surface area contributed by atoms with Crippen molar-refractivity contribution in [2.45, 2.75) is 38.0 Å². The lowest BCUT2D eigenvalue weighted by Gasteiger charge is -2.18. The molecule has 0 heterocycles. The number of aryl methyl sites for hydroxylation is 2. The first-order valence-electron chi connectivity index (χ1n) is 9.79. The zero-order valence-electron chi connectivity index (χ0n) is 16.7. The largest absolute Gasteiger partial charge is 0.454 e. The molecule has 0 spiro atoms. The third-order valence-corrected chi connectivity index (χ3v) is 7.21. The molecule has 0 aliphatic heterocycles. The SMILES string of the molecule is CCN(CC)S(=O)(=O)c1cccc(C(=O)OCC(=O)c2ccc3c(c2)CCC3)c1. The fraction of sp³-hybridized carbons (Fsp3) is 0.364. The van der Waals surface area contributed by atoms with E-state index in [-0.39, 0.29) is 22.8 Å². The molecule has 0 saturated heterocycles. The molecule has 0 saturated carbocycles. The molecule has 29 heavy (non-hydrogen) atoms. The highest BCUT2D eigenvalue weighted by Crippen LogP contribution is 2.23. The summed E-state index contributed by atoms with van der Waals surface area (Å²) in [7, 11) is -3.68. The standard InChI is InChI=1S/C22H25NO5S/c1-3-23(4-2)29(26,27)20-10-6-9-19(14-20)22(25)28-15-21(24)18-12-11-16-7-5-8-17(16)13-18/h6,9-14H,3-5,7-8,15H2,1-2H3. The van der Waals surface area contributed by atoms with Crippen LogP contribution < -0.4 is 0 Å². The highest BCUT2D eigenvalue weighted by Gasteiger charge is 2.23. The minimum absolute atomic E-state index is 0.0283. The summed E-state index contributed by atoms with van der Waals surface area (Å²) in [6.45, 7) is 3.80. The second kappa shape index (κ2) is 8.88. The van der Waals surface area contributed by atoms with Gasteiger partial charge in [-0.3, -0.25) is 4.79 Å². The van der Waals surface area contributed by atoms with Gasteiger partial charge in [0.25, 0.3) is 0 Å². The fourth-order valence-electron chi connectivity index (χ4n) is 3.54. The number of nitrogens with zero attached hydrogens (tertiary/aromatic N) is 1. The molecule has 0 fully saturated rings. The van der Waals surface area contributed by atoms with E-state index in [4.69, 9.17) is 4.74 Å². The summed E-state index contributed by atoms with van der Waals surface area (Å²) < 4.78 is 31.7. The number of ketones is 1. The number of rotatable bonds is 8. The number of fused-ring (bicyclic) bond motifs is 1. The molecule has 0 N–H and O–H groups in total. The smallest absolute Gasteiger partial charge is 0.338 e. The minimum Gasteiger partial charge on any atom is -0.454 e. The Morgan fingerprint density at radius 3 is 2.41 bits per heavy atom. The van der Waals surface area contributed by atoms with Gasteiger partial charge in [-0.2, -0.15) is 4.31 Å². The monoisotopic (exact) mass is 415 g/mol. The van der Waals surface area contributed by atoms with E-state index in [1.165, 1.54) is 39.7 Å². The summed E-state index contributed by atoms with van der Waals surface area (Å²) in [5, 5.41) is 0. The van der Waals surface area contributed by atoms with E-state index in [0.717, 1.165) is 19.3 Å². The van der Waals surface area contributed by atoms with Crippen LogP contribution in [0.1, 0.15) is 52.1 Å². The maximum Gasteiger partial charge on any atom is 0.338 e. The van der Waals surface area contributed by atoms with Gasteiger partial charge in [-0.05, 0) is 54.7 Å². The van der Waals surface area contributed by atoms with E-state index < -0.39 is 16.0 Å². The molecule has 1 aliphatic carbocycles. The first-order valence-corrected chi connectivity index (χ1v) is 11.2. The summed E-state index contributed by atoms with van der Waals surface area (Å²) in [6, 6.07) is 11.3. The number of benzene rings is 2. The summed E-state index contributed by atoms with van der Waals surface area (Å²) in [4.78, 5) is 24.8. The minimum atomic E-state index is -3.68. The summed E-state index contributed by atoms with van der Waals surface area (Å²) in [5.41, 5.74) is 3.07. The summed E-state index contributed by atoms with van der Waals surface area (Å²) in [6.07, 6.45) is 3.09. The first kappa shape index (κ1) is 21.2. The van der Waals surface area contributed by atoms with Crippen molar-refractivity contribution in [2.75, 3.05) is 19.7 Å². The molecular weight excluding hydrogens is 390 g/mol. The Kier molecular flexibility index (Phi) is 6.49. The number of carbonyl (C=O) groups is 2. The molecule has 0 unspecified atom stereocenters. The van der Waals surface area contributed by atoms with Crippen LogP contribution in [0.2, 0.25) is 0 Å². The quantitative estimate of drug-likeness (QED) is 0.488.